The molecule has 92 valence electrons. The number of nitrogens with zero attached hydrogens (tertiary/aromatic N) is 2. The van der Waals surface area contributed by atoms with Crippen LogP contribution in [-0.4, -0.2) is 15.9 Å². The third-order valence-electron chi connectivity index (χ3n) is 2.68. The van der Waals surface area contributed by atoms with Crippen molar-refractivity contribution in [3.63, 3.8) is 0 Å². The summed E-state index contributed by atoms with van der Waals surface area (Å²) in [4.78, 5) is 14.7. The minimum atomic E-state index is -0.433. The van der Waals surface area contributed by atoms with E-state index in [4.69, 9.17) is 0 Å². The molecule has 0 amide bonds. The number of hydrogen-bond acceptors (Lipinski definition) is 4. The fraction of sp³-hybridized carbons (Fsp3) is 0.154. The van der Waals surface area contributed by atoms with Gasteiger partial charge in [0.05, 0.1) is 10.4 Å². The third-order valence-corrected chi connectivity index (χ3v) is 2.68. The highest BCUT2D eigenvalue weighted by Gasteiger charge is 2.18. The maximum atomic E-state index is 11.0. The number of hydrogen-bond donors (Lipinski definition) is 1. The van der Waals surface area contributed by atoms with Crippen LogP contribution in [0.5, 0.6) is 0 Å². The lowest BCUT2D eigenvalue weighted by molar-refractivity contribution is -0.384. The number of aromatic nitrogens is 1. The van der Waals surface area contributed by atoms with Gasteiger partial charge in [0.15, 0.2) is 0 Å². The Bertz CT molecular complexity index is 610. The first-order chi connectivity index (χ1) is 8.63. The number of benzene rings is 1. The van der Waals surface area contributed by atoms with E-state index in [-0.39, 0.29) is 11.7 Å². The lowest BCUT2D eigenvalue weighted by atomic mass is 10.1. The summed E-state index contributed by atoms with van der Waals surface area (Å²) in [5.74, 6) is 0. The van der Waals surface area contributed by atoms with Crippen molar-refractivity contribution in [3.8, 4) is 0 Å². The van der Waals surface area contributed by atoms with Gasteiger partial charge in [-0.3, -0.25) is 10.1 Å². The largest absolute Gasteiger partial charge is 0.373 e. The van der Waals surface area contributed by atoms with Crippen molar-refractivity contribution in [2.24, 2.45) is 0 Å². The molecule has 0 spiro atoms. The number of rotatable bonds is 4. The van der Waals surface area contributed by atoms with E-state index in [1.807, 2.05) is 31.2 Å². The number of fused-ring (bicyclic) bond motifs is 1. The zero-order chi connectivity index (χ0) is 13.1. The standard InChI is InChI=1S/C13H13N3O2/c1-3-9(2)15-13-10-6-4-5-7-11(10)14-8-12(13)16(17)18/h3-9H,1H2,2H3,(H,14,15). The zero-order valence-electron chi connectivity index (χ0n) is 9.96. The van der Waals surface area contributed by atoms with Gasteiger partial charge in [-0.25, -0.2) is 4.98 Å². The molecule has 2 aromatic rings. The number of para-hydroxylation sites is 1. The number of anilines is 1. The monoisotopic (exact) mass is 243 g/mol. The van der Waals surface area contributed by atoms with Crippen LogP contribution < -0.4 is 5.32 Å². The second-order valence-corrected chi connectivity index (χ2v) is 3.96. The summed E-state index contributed by atoms with van der Waals surface area (Å²) in [5, 5.41) is 14.9. The lowest BCUT2D eigenvalue weighted by Crippen LogP contribution is -2.13. The molecule has 0 saturated heterocycles. The smallest absolute Gasteiger partial charge is 0.311 e. The SMILES string of the molecule is C=CC(C)Nc1c([N+](=O)[O-])cnc2ccccc12. The molecule has 0 radical (unpaired) electrons. The second-order valence-electron chi connectivity index (χ2n) is 3.96. The van der Waals surface area contributed by atoms with Gasteiger partial charge in [-0.05, 0) is 13.0 Å². The van der Waals surface area contributed by atoms with Crippen LogP contribution in [-0.2, 0) is 0 Å². The Labute approximate surface area is 104 Å². The van der Waals surface area contributed by atoms with Crippen LogP contribution >= 0.6 is 0 Å². The molecule has 0 bridgehead atoms. The average molecular weight is 243 g/mol. The van der Waals surface area contributed by atoms with Gasteiger partial charge < -0.3 is 5.32 Å². The van der Waals surface area contributed by atoms with Gasteiger partial charge in [-0.15, -0.1) is 6.58 Å². The van der Waals surface area contributed by atoms with Crippen LogP contribution in [0.4, 0.5) is 11.4 Å². The van der Waals surface area contributed by atoms with Crippen molar-refractivity contribution >= 4 is 22.3 Å². The highest BCUT2D eigenvalue weighted by atomic mass is 16.6. The van der Waals surface area contributed by atoms with E-state index in [0.29, 0.717) is 5.69 Å². The van der Waals surface area contributed by atoms with E-state index in [9.17, 15) is 10.1 Å². The molecule has 0 saturated carbocycles. The van der Waals surface area contributed by atoms with E-state index in [1.165, 1.54) is 6.20 Å². The van der Waals surface area contributed by atoms with Gasteiger partial charge in [-0.2, -0.15) is 0 Å². The first kappa shape index (κ1) is 12.0. The zero-order valence-corrected chi connectivity index (χ0v) is 9.96. The number of nitrogens with one attached hydrogen (secondary N) is 1. The molecule has 0 aliphatic heterocycles. The molecule has 5 nitrogen and oxygen atoms in total. The van der Waals surface area contributed by atoms with Crippen LogP contribution in [0.15, 0.2) is 43.1 Å². The molecule has 18 heavy (non-hydrogen) atoms. The van der Waals surface area contributed by atoms with Gasteiger partial charge in [0, 0.05) is 11.4 Å². The summed E-state index contributed by atoms with van der Waals surface area (Å²) in [5.41, 5.74) is 1.18. The highest BCUT2D eigenvalue weighted by molar-refractivity contribution is 5.95. The molecule has 1 heterocycles. The van der Waals surface area contributed by atoms with Gasteiger partial charge in [-0.1, -0.05) is 24.3 Å². The maximum Gasteiger partial charge on any atom is 0.311 e. The predicted molar refractivity (Wildman–Crippen MR) is 71.7 cm³/mol. The van der Waals surface area contributed by atoms with E-state index >= 15 is 0 Å². The van der Waals surface area contributed by atoms with E-state index < -0.39 is 4.92 Å². The molecule has 0 fully saturated rings. The van der Waals surface area contributed by atoms with Crippen LogP contribution in [0, 0.1) is 10.1 Å². The van der Waals surface area contributed by atoms with Gasteiger partial charge in [0.25, 0.3) is 0 Å². The summed E-state index contributed by atoms with van der Waals surface area (Å²) in [6.45, 7) is 5.54. The van der Waals surface area contributed by atoms with E-state index in [2.05, 4.69) is 16.9 Å². The Morgan fingerprint density at radius 2 is 2.22 bits per heavy atom. The molecule has 2 rings (SSSR count). The summed E-state index contributed by atoms with van der Waals surface area (Å²) < 4.78 is 0. The molecular weight excluding hydrogens is 230 g/mol. The van der Waals surface area contributed by atoms with E-state index in [1.54, 1.807) is 6.08 Å². The molecular formula is C13H13N3O2. The number of nitro groups is 1. The van der Waals surface area contributed by atoms with Crippen LogP contribution in [0.25, 0.3) is 10.9 Å². The van der Waals surface area contributed by atoms with Gasteiger partial charge >= 0.3 is 5.69 Å². The Hall–Kier alpha value is -2.43. The van der Waals surface area contributed by atoms with Crippen molar-refractivity contribution in [2.45, 2.75) is 13.0 Å². The number of pyridine rings is 1. The highest BCUT2D eigenvalue weighted by Crippen LogP contribution is 2.31. The summed E-state index contributed by atoms with van der Waals surface area (Å²) in [7, 11) is 0. The van der Waals surface area contributed by atoms with Crippen molar-refractivity contribution in [3.05, 3.63) is 53.2 Å². The lowest BCUT2D eigenvalue weighted by Gasteiger charge is -2.13. The first-order valence-corrected chi connectivity index (χ1v) is 5.54. The second kappa shape index (κ2) is 4.83. The van der Waals surface area contributed by atoms with Crippen molar-refractivity contribution in [1.82, 2.24) is 4.98 Å². The predicted octanol–water partition coefficient (Wildman–Crippen LogP) is 3.13. The van der Waals surface area contributed by atoms with Crippen molar-refractivity contribution < 1.29 is 4.92 Å². The Morgan fingerprint density at radius 3 is 2.89 bits per heavy atom. The van der Waals surface area contributed by atoms with Crippen LogP contribution in [0.3, 0.4) is 0 Å². The maximum absolute atomic E-state index is 11.0. The summed E-state index contributed by atoms with van der Waals surface area (Å²) >= 11 is 0. The molecule has 5 heteroatoms. The minimum absolute atomic E-state index is 0.0256. The Morgan fingerprint density at radius 1 is 1.50 bits per heavy atom. The molecule has 1 aromatic heterocycles. The normalized spacial score (nSPS) is 12.1. The Kier molecular flexibility index (Phi) is 3.23. The molecule has 1 unspecified atom stereocenters. The first-order valence-electron chi connectivity index (χ1n) is 5.54. The fourth-order valence-electron chi connectivity index (χ4n) is 1.71. The molecule has 0 aliphatic carbocycles. The summed E-state index contributed by atoms with van der Waals surface area (Å²) in [6, 6.07) is 7.25. The van der Waals surface area contributed by atoms with Gasteiger partial charge in [0.2, 0.25) is 0 Å². The van der Waals surface area contributed by atoms with E-state index in [0.717, 1.165) is 10.9 Å². The van der Waals surface area contributed by atoms with Crippen LogP contribution in [0.1, 0.15) is 6.92 Å². The Balaban J connectivity index is 2.66. The molecule has 0 aliphatic rings. The topological polar surface area (TPSA) is 68.1 Å². The van der Waals surface area contributed by atoms with Crippen LogP contribution in [0.2, 0.25) is 0 Å². The third kappa shape index (κ3) is 2.15. The molecule has 1 N–H and O–H groups in total. The van der Waals surface area contributed by atoms with Crippen molar-refractivity contribution in [1.29, 1.82) is 0 Å². The molecule has 1 atom stereocenters. The minimum Gasteiger partial charge on any atom is -0.373 e. The molecule has 1 aromatic carbocycles. The fourth-order valence-corrected chi connectivity index (χ4v) is 1.71. The van der Waals surface area contributed by atoms with Gasteiger partial charge in [0.1, 0.15) is 11.9 Å². The van der Waals surface area contributed by atoms with Crippen molar-refractivity contribution in [2.75, 3.05) is 5.32 Å². The quantitative estimate of drug-likeness (QED) is 0.509. The summed E-state index contributed by atoms with van der Waals surface area (Å²) in [6.07, 6.45) is 2.97. The average Bonchev–Trinajstić information content (AvgIpc) is 2.38.